The van der Waals surface area contributed by atoms with Gasteiger partial charge in [-0.05, 0) is 0 Å². The Morgan fingerprint density at radius 3 is 2.40 bits per heavy atom. The molecule has 0 atom stereocenters. The second-order valence-corrected chi connectivity index (χ2v) is 6.40. The van der Waals surface area contributed by atoms with E-state index < -0.39 is 10.0 Å². The first kappa shape index (κ1) is 10.4. The van der Waals surface area contributed by atoms with Gasteiger partial charge in [-0.1, -0.05) is 31.9 Å². The van der Waals surface area contributed by atoms with E-state index >= 15 is 0 Å². The lowest BCUT2D eigenvalue weighted by atomic mass is 10.9. The quantitative estimate of drug-likeness (QED) is 0.472. The summed E-state index contributed by atoms with van der Waals surface area (Å²) in [6.07, 6.45) is 2.39. The fraction of sp³-hybridized carbons (Fsp3) is 0.667. The summed E-state index contributed by atoms with van der Waals surface area (Å²) < 4.78 is 20.6. The number of hydrazone groups is 1. The van der Waals surface area contributed by atoms with Crippen LogP contribution in [0.5, 0.6) is 0 Å². The molecule has 60 valence electrons. The number of hydrogen-bond acceptors (Lipinski definition) is 3. The van der Waals surface area contributed by atoms with Gasteiger partial charge in [0, 0.05) is 6.21 Å². The smallest absolute Gasteiger partial charge is 0.206 e. The molecule has 0 aromatic heterocycles. The van der Waals surface area contributed by atoms with E-state index in [0.29, 0.717) is 0 Å². The lowest BCUT2D eigenvalue weighted by molar-refractivity contribution is 0.591. The van der Waals surface area contributed by atoms with Crippen molar-refractivity contribution < 1.29 is 8.42 Å². The van der Waals surface area contributed by atoms with Crippen LogP contribution in [0.25, 0.3) is 0 Å². The molecule has 0 aromatic rings. The van der Waals surface area contributed by atoms with Crippen molar-refractivity contribution >= 4 is 48.1 Å². The summed E-state index contributed by atoms with van der Waals surface area (Å²) >= 11 is 6.15. The summed E-state index contributed by atoms with van der Waals surface area (Å²) in [4.78, 5) is 1.93. The first-order chi connectivity index (χ1) is 4.42. The molecule has 0 saturated heterocycles. The van der Waals surface area contributed by atoms with Crippen molar-refractivity contribution in [1.82, 2.24) is 4.83 Å². The molecule has 0 unspecified atom stereocenters. The van der Waals surface area contributed by atoms with Gasteiger partial charge in [0.15, 0.2) is 0 Å². The van der Waals surface area contributed by atoms with Crippen LogP contribution < -0.4 is 4.83 Å². The van der Waals surface area contributed by atoms with Gasteiger partial charge in [-0.2, -0.15) is 5.10 Å². The Morgan fingerprint density at radius 1 is 1.60 bits per heavy atom. The number of nitrogens with one attached hydrogen (secondary N) is 1. The van der Waals surface area contributed by atoms with E-state index in [9.17, 15) is 8.42 Å². The lowest BCUT2D eigenvalue weighted by Crippen LogP contribution is -2.15. The Labute approximate surface area is 76.4 Å². The average Bonchev–Trinajstić information content (AvgIpc) is 1.59. The molecular formula is C3H6Br2N2O2S. The molecular weight excluding hydrogens is 288 g/mol. The first-order valence-electron chi connectivity index (χ1n) is 2.20. The van der Waals surface area contributed by atoms with Gasteiger partial charge in [0.2, 0.25) is 10.0 Å². The SMILES string of the molecule is CS(=O)(=O)NN=CC(Br)Br. The van der Waals surface area contributed by atoms with Crippen LogP contribution in [0.15, 0.2) is 5.10 Å². The molecule has 0 aliphatic rings. The van der Waals surface area contributed by atoms with Crippen LogP contribution in [-0.4, -0.2) is 24.6 Å². The van der Waals surface area contributed by atoms with E-state index in [-0.39, 0.29) is 3.74 Å². The molecule has 0 saturated carbocycles. The van der Waals surface area contributed by atoms with Crippen molar-refractivity contribution in [2.45, 2.75) is 3.74 Å². The largest absolute Gasteiger partial charge is 0.244 e. The van der Waals surface area contributed by atoms with Crippen LogP contribution in [0, 0.1) is 0 Å². The second-order valence-electron chi connectivity index (χ2n) is 1.48. The van der Waals surface area contributed by atoms with E-state index in [0.717, 1.165) is 6.26 Å². The van der Waals surface area contributed by atoms with Crippen LogP contribution in [0.3, 0.4) is 0 Å². The van der Waals surface area contributed by atoms with Crippen LogP contribution in [0.1, 0.15) is 0 Å². The highest BCUT2D eigenvalue weighted by molar-refractivity contribution is 9.25. The summed E-state index contributed by atoms with van der Waals surface area (Å²) in [5, 5.41) is 3.39. The summed E-state index contributed by atoms with van der Waals surface area (Å²) in [5.41, 5.74) is 0. The number of alkyl halides is 2. The van der Waals surface area contributed by atoms with Crippen LogP contribution in [0.2, 0.25) is 0 Å². The van der Waals surface area contributed by atoms with Gasteiger partial charge in [0.05, 0.1) is 6.26 Å². The number of rotatable bonds is 3. The molecule has 0 aromatic carbocycles. The molecule has 0 heterocycles. The maximum atomic E-state index is 10.4. The average molecular weight is 294 g/mol. The van der Waals surface area contributed by atoms with Crippen molar-refractivity contribution in [2.24, 2.45) is 5.10 Å². The van der Waals surface area contributed by atoms with Gasteiger partial charge in [0.1, 0.15) is 3.74 Å². The van der Waals surface area contributed by atoms with Gasteiger partial charge in [-0.15, -0.1) is 0 Å². The molecule has 0 bridgehead atoms. The summed E-state index contributed by atoms with van der Waals surface area (Å²) in [6, 6.07) is 0. The molecule has 0 spiro atoms. The third-order valence-electron chi connectivity index (χ3n) is 0.406. The number of hydrogen-bond donors (Lipinski definition) is 1. The Morgan fingerprint density at radius 2 is 2.10 bits per heavy atom. The van der Waals surface area contributed by atoms with E-state index in [1.165, 1.54) is 6.21 Å². The maximum absolute atomic E-state index is 10.4. The third kappa shape index (κ3) is 8.38. The van der Waals surface area contributed by atoms with Gasteiger partial charge in [-0.25, -0.2) is 13.2 Å². The van der Waals surface area contributed by atoms with E-state index in [4.69, 9.17) is 0 Å². The van der Waals surface area contributed by atoms with Gasteiger partial charge in [-0.3, -0.25) is 0 Å². The highest BCUT2D eigenvalue weighted by Gasteiger charge is 1.95. The van der Waals surface area contributed by atoms with E-state index in [2.05, 4.69) is 37.0 Å². The molecule has 0 fully saturated rings. The Balaban J connectivity index is 3.77. The number of sulfonamides is 1. The topological polar surface area (TPSA) is 58.5 Å². The van der Waals surface area contributed by atoms with Crippen molar-refractivity contribution in [3.05, 3.63) is 0 Å². The summed E-state index contributed by atoms with van der Waals surface area (Å²) in [5.74, 6) is 0. The van der Waals surface area contributed by atoms with E-state index in [1.807, 2.05) is 4.83 Å². The molecule has 0 rings (SSSR count). The molecule has 10 heavy (non-hydrogen) atoms. The van der Waals surface area contributed by atoms with E-state index in [1.54, 1.807) is 0 Å². The molecule has 0 radical (unpaired) electrons. The second kappa shape index (κ2) is 4.30. The monoisotopic (exact) mass is 292 g/mol. The van der Waals surface area contributed by atoms with Crippen molar-refractivity contribution in [3.63, 3.8) is 0 Å². The molecule has 1 N–H and O–H groups in total. The van der Waals surface area contributed by atoms with Crippen molar-refractivity contribution in [1.29, 1.82) is 0 Å². The predicted molar refractivity (Wildman–Crippen MR) is 48.1 cm³/mol. The molecule has 0 aliphatic carbocycles. The molecule has 4 nitrogen and oxygen atoms in total. The van der Waals surface area contributed by atoms with Crippen molar-refractivity contribution in [3.8, 4) is 0 Å². The maximum Gasteiger partial charge on any atom is 0.244 e. The Bertz CT molecular complexity index is 211. The Hall–Kier alpha value is 0.380. The minimum Gasteiger partial charge on any atom is -0.206 e. The minimum atomic E-state index is -3.21. The first-order valence-corrected chi connectivity index (χ1v) is 5.92. The predicted octanol–water partition coefficient (Wildman–Crippen LogP) is 0.637. The molecule has 7 heteroatoms. The van der Waals surface area contributed by atoms with Crippen molar-refractivity contribution in [2.75, 3.05) is 6.26 Å². The summed E-state index contributed by atoms with van der Waals surface area (Å²) in [6.45, 7) is 0. The summed E-state index contributed by atoms with van der Waals surface area (Å²) in [7, 11) is -3.21. The van der Waals surface area contributed by atoms with Crippen LogP contribution in [0.4, 0.5) is 0 Å². The van der Waals surface area contributed by atoms with Gasteiger partial charge < -0.3 is 0 Å². The lowest BCUT2D eigenvalue weighted by Gasteiger charge is -1.93. The number of nitrogens with zero attached hydrogens (tertiary/aromatic N) is 1. The van der Waals surface area contributed by atoms with Gasteiger partial charge >= 0.3 is 0 Å². The Kier molecular flexibility index (Phi) is 4.46. The van der Waals surface area contributed by atoms with Gasteiger partial charge in [0.25, 0.3) is 0 Å². The fourth-order valence-electron chi connectivity index (χ4n) is 0.183. The highest BCUT2D eigenvalue weighted by Crippen LogP contribution is 2.02. The minimum absolute atomic E-state index is 0.116. The normalized spacial score (nSPS) is 12.8. The van der Waals surface area contributed by atoms with Crippen LogP contribution in [-0.2, 0) is 10.0 Å². The highest BCUT2D eigenvalue weighted by atomic mass is 79.9. The molecule has 0 amide bonds. The number of halogens is 2. The standard InChI is InChI=1S/C3H6Br2N2O2S/c1-10(8,9)7-6-2-3(4)5/h2-3,7H,1H3. The zero-order valence-corrected chi connectivity index (χ0v) is 9.07. The molecule has 0 aliphatic heterocycles. The zero-order valence-electron chi connectivity index (χ0n) is 5.08. The third-order valence-corrected chi connectivity index (χ3v) is 1.32. The zero-order chi connectivity index (χ0) is 8.20. The van der Waals surface area contributed by atoms with Crippen LogP contribution >= 0.6 is 31.9 Å². The fourth-order valence-corrected chi connectivity index (χ4v) is 0.671.